The fourth-order valence-corrected chi connectivity index (χ4v) is 4.68. The van der Waals surface area contributed by atoms with Gasteiger partial charge in [0.2, 0.25) is 0 Å². The van der Waals surface area contributed by atoms with Gasteiger partial charge in [-0.05, 0) is 43.1 Å². The van der Waals surface area contributed by atoms with E-state index < -0.39 is 29.2 Å². The maximum atomic E-state index is 12.0. The highest BCUT2D eigenvalue weighted by Crippen LogP contribution is 2.44. The standard InChI is InChI=1S/C21H30O5/c1-14-8-7-11-17(16-9-5-4-6-10-16)18(26-3)13-12-15(2)21(14,19(22)23)20(24)25/h4-6,9-10,14-15,17-18H,7-8,11-13H2,1-3H3,(H,22,23)(H,24,25). The summed E-state index contributed by atoms with van der Waals surface area (Å²) in [5, 5.41) is 19.6. The Morgan fingerprint density at radius 1 is 0.962 bits per heavy atom. The molecule has 2 rings (SSSR count). The number of benzene rings is 1. The van der Waals surface area contributed by atoms with Crippen LogP contribution in [0.1, 0.15) is 57.4 Å². The van der Waals surface area contributed by atoms with Gasteiger partial charge in [0, 0.05) is 13.0 Å². The van der Waals surface area contributed by atoms with Crippen LogP contribution in [-0.2, 0) is 14.3 Å². The van der Waals surface area contributed by atoms with E-state index in [1.165, 1.54) is 5.56 Å². The normalized spacial score (nSPS) is 29.7. The summed E-state index contributed by atoms with van der Waals surface area (Å²) in [5.41, 5.74) is -0.513. The van der Waals surface area contributed by atoms with Crippen LogP contribution in [0.3, 0.4) is 0 Å². The zero-order valence-corrected chi connectivity index (χ0v) is 15.9. The molecule has 2 N–H and O–H groups in total. The third kappa shape index (κ3) is 3.78. The van der Waals surface area contributed by atoms with Gasteiger partial charge in [0.15, 0.2) is 5.41 Å². The molecule has 26 heavy (non-hydrogen) atoms. The maximum absolute atomic E-state index is 12.0. The Labute approximate surface area is 155 Å². The van der Waals surface area contributed by atoms with E-state index in [1.807, 2.05) is 18.2 Å². The number of hydrogen-bond donors (Lipinski definition) is 2. The molecule has 5 nitrogen and oxygen atoms in total. The first-order valence-electron chi connectivity index (χ1n) is 9.40. The van der Waals surface area contributed by atoms with Crippen molar-refractivity contribution in [3.05, 3.63) is 35.9 Å². The first-order chi connectivity index (χ1) is 12.4. The van der Waals surface area contributed by atoms with E-state index in [2.05, 4.69) is 12.1 Å². The number of carboxylic acid groups (broad SMARTS) is 2. The summed E-state index contributed by atoms with van der Waals surface area (Å²) in [5.74, 6) is -3.11. The molecule has 5 heteroatoms. The number of aliphatic carboxylic acids is 2. The summed E-state index contributed by atoms with van der Waals surface area (Å²) in [4.78, 5) is 24.1. The van der Waals surface area contributed by atoms with E-state index in [9.17, 15) is 19.8 Å². The van der Waals surface area contributed by atoms with Gasteiger partial charge in [-0.3, -0.25) is 9.59 Å². The van der Waals surface area contributed by atoms with Gasteiger partial charge in [0.1, 0.15) is 0 Å². The van der Waals surface area contributed by atoms with E-state index in [-0.39, 0.29) is 12.0 Å². The van der Waals surface area contributed by atoms with Crippen LogP contribution >= 0.6 is 0 Å². The van der Waals surface area contributed by atoms with Crippen LogP contribution in [0.15, 0.2) is 30.3 Å². The molecule has 0 aromatic heterocycles. The maximum Gasteiger partial charge on any atom is 0.321 e. The number of carbonyl (C=O) groups is 2. The summed E-state index contributed by atoms with van der Waals surface area (Å²) in [7, 11) is 1.68. The first-order valence-corrected chi connectivity index (χ1v) is 9.40. The van der Waals surface area contributed by atoms with Crippen molar-refractivity contribution in [1.29, 1.82) is 0 Å². The SMILES string of the molecule is COC1CCC(C)C(C(=O)O)(C(=O)O)C(C)CCCC1c1ccccc1. The van der Waals surface area contributed by atoms with Crippen molar-refractivity contribution < 1.29 is 24.5 Å². The third-order valence-electron chi connectivity index (χ3n) is 6.28. The number of ether oxygens (including phenoxy) is 1. The minimum atomic E-state index is -1.74. The zero-order chi connectivity index (χ0) is 19.3. The highest BCUT2D eigenvalue weighted by molar-refractivity contribution is 5.99. The van der Waals surface area contributed by atoms with E-state index in [1.54, 1.807) is 21.0 Å². The lowest BCUT2D eigenvalue weighted by Crippen LogP contribution is -2.50. The Hall–Kier alpha value is -1.88. The number of carboxylic acids is 2. The molecule has 0 saturated heterocycles. The lowest BCUT2D eigenvalue weighted by Gasteiger charge is -2.39. The van der Waals surface area contributed by atoms with Crippen LogP contribution in [-0.4, -0.2) is 35.4 Å². The zero-order valence-electron chi connectivity index (χ0n) is 15.9. The molecular weight excluding hydrogens is 332 g/mol. The fraction of sp³-hybridized carbons (Fsp3) is 0.619. The molecule has 0 aliphatic heterocycles. The van der Waals surface area contributed by atoms with Crippen molar-refractivity contribution in [2.24, 2.45) is 17.3 Å². The predicted octanol–water partition coefficient (Wildman–Crippen LogP) is 4.18. The second-order valence-corrected chi connectivity index (χ2v) is 7.58. The smallest absolute Gasteiger partial charge is 0.321 e. The Morgan fingerprint density at radius 3 is 2.08 bits per heavy atom. The Bertz CT molecular complexity index is 598. The van der Waals surface area contributed by atoms with Gasteiger partial charge < -0.3 is 14.9 Å². The van der Waals surface area contributed by atoms with E-state index in [0.717, 1.165) is 12.8 Å². The predicted molar refractivity (Wildman–Crippen MR) is 99.1 cm³/mol. The molecule has 0 amide bonds. The minimum absolute atomic E-state index is 0.0476. The molecule has 0 bridgehead atoms. The van der Waals surface area contributed by atoms with Crippen molar-refractivity contribution in [3.8, 4) is 0 Å². The molecular formula is C21H30O5. The van der Waals surface area contributed by atoms with Crippen LogP contribution in [0.2, 0.25) is 0 Å². The summed E-state index contributed by atoms with van der Waals surface area (Å²) >= 11 is 0. The van der Waals surface area contributed by atoms with Gasteiger partial charge in [-0.25, -0.2) is 0 Å². The molecule has 1 aliphatic carbocycles. The van der Waals surface area contributed by atoms with E-state index in [4.69, 9.17) is 4.74 Å². The van der Waals surface area contributed by atoms with E-state index >= 15 is 0 Å². The molecule has 1 aromatic carbocycles. The summed E-state index contributed by atoms with van der Waals surface area (Å²) < 4.78 is 5.76. The van der Waals surface area contributed by atoms with E-state index in [0.29, 0.717) is 19.3 Å². The highest BCUT2D eigenvalue weighted by Gasteiger charge is 2.55. The number of methoxy groups -OCH3 is 1. The largest absolute Gasteiger partial charge is 0.480 e. The topological polar surface area (TPSA) is 83.8 Å². The first kappa shape index (κ1) is 20.4. The third-order valence-corrected chi connectivity index (χ3v) is 6.28. The monoisotopic (exact) mass is 362 g/mol. The van der Waals surface area contributed by atoms with Crippen LogP contribution in [0.5, 0.6) is 0 Å². The van der Waals surface area contributed by atoms with Gasteiger partial charge >= 0.3 is 11.9 Å². The number of rotatable bonds is 4. The van der Waals surface area contributed by atoms with Crippen molar-refractivity contribution in [2.75, 3.05) is 7.11 Å². The van der Waals surface area contributed by atoms with Gasteiger partial charge in [-0.15, -0.1) is 0 Å². The molecule has 0 spiro atoms. The Morgan fingerprint density at radius 2 is 1.54 bits per heavy atom. The average molecular weight is 362 g/mol. The molecule has 144 valence electrons. The molecule has 0 radical (unpaired) electrons. The lowest BCUT2D eigenvalue weighted by molar-refractivity contribution is -0.175. The molecule has 4 atom stereocenters. The highest BCUT2D eigenvalue weighted by atomic mass is 16.5. The van der Waals surface area contributed by atoms with Crippen molar-refractivity contribution in [3.63, 3.8) is 0 Å². The van der Waals surface area contributed by atoms with Gasteiger partial charge in [0.25, 0.3) is 0 Å². The van der Waals surface area contributed by atoms with Crippen LogP contribution in [0, 0.1) is 17.3 Å². The van der Waals surface area contributed by atoms with Crippen LogP contribution in [0.25, 0.3) is 0 Å². The second kappa shape index (κ2) is 8.67. The minimum Gasteiger partial charge on any atom is -0.480 e. The quantitative estimate of drug-likeness (QED) is 0.785. The summed E-state index contributed by atoms with van der Waals surface area (Å²) in [6, 6.07) is 10.2. The molecule has 1 saturated carbocycles. The molecule has 1 fully saturated rings. The summed E-state index contributed by atoms with van der Waals surface area (Å²) in [6.45, 7) is 3.52. The van der Waals surface area contributed by atoms with Crippen LogP contribution in [0.4, 0.5) is 0 Å². The van der Waals surface area contributed by atoms with Gasteiger partial charge in [-0.1, -0.05) is 50.6 Å². The molecule has 1 aliphatic rings. The lowest BCUT2D eigenvalue weighted by atomic mass is 9.63. The summed E-state index contributed by atoms with van der Waals surface area (Å²) in [6.07, 6.45) is 3.31. The van der Waals surface area contributed by atoms with Crippen molar-refractivity contribution >= 4 is 11.9 Å². The van der Waals surface area contributed by atoms with Gasteiger partial charge in [-0.2, -0.15) is 0 Å². The van der Waals surface area contributed by atoms with Crippen molar-refractivity contribution in [1.82, 2.24) is 0 Å². The number of hydrogen-bond acceptors (Lipinski definition) is 3. The molecule has 0 heterocycles. The average Bonchev–Trinajstić information content (AvgIpc) is 2.60. The Balaban J connectivity index is 2.34. The van der Waals surface area contributed by atoms with Crippen molar-refractivity contribution in [2.45, 2.75) is 58.0 Å². The second-order valence-electron chi connectivity index (χ2n) is 7.58. The Kier molecular flexibility index (Phi) is 6.81. The van der Waals surface area contributed by atoms with Gasteiger partial charge in [0.05, 0.1) is 6.10 Å². The fourth-order valence-electron chi connectivity index (χ4n) is 4.68. The molecule has 4 unspecified atom stereocenters. The molecule has 1 aromatic rings. The van der Waals surface area contributed by atoms with Crippen LogP contribution < -0.4 is 0 Å².